The van der Waals surface area contributed by atoms with Gasteiger partial charge in [-0.25, -0.2) is 17.2 Å². The van der Waals surface area contributed by atoms with Crippen LogP contribution in [0.1, 0.15) is 31.2 Å². The van der Waals surface area contributed by atoms with Gasteiger partial charge >= 0.3 is 0 Å². The van der Waals surface area contributed by atoms with E-state index in [4.69, 9.17) is 0 Å². The summed E-state index contributed by atoms with van der Waals surface area (Å²) in [5.74, 6) is -4.47. The van der Waals surface area contributed by atoms with E-state index >= 15 is 0 Å². The molecule has 8 heteroatoms. The second-order valence-electron chi connectivity index (χ2n) is 6.94. The number of aromatic hydroxyl groups is 1. The highest BCUT2D eigenvalue weighted by atomic mass is 32.2. The molecule has 1 amide bonds. The number of piperidine rings is 1. The number of benzene rings is 2. The molecule has 0 saturated carbocycles. The predicted octanol–water partition coefficient (Wildman–Crippen LogP) is 3.24. The molecular formula is C20H21F2NO4S. The van der Waals surface area contributed by atoms with Gasteiger partial charge in [0.15, 0.2) is 27.2 Å². The lowest BCUT2D eigenvalue weighted by Gasteiger charge is -2.33. The summed E-state index contributed by atoms with van der Waals surface area (Å²) >= 11 is 0. The van der Waals surface area contributed by atoms with Gasteiger partial charge in [-0.15, -0.1) is 0 Å². The van der Waals surface area contributed by atoms with Crippen molar-refractivity contribution in [2.45, 2.75) is 35.8 Å². The average molecular weight is 409 g/mol. The maximum absolute atomic E-state index is 13.6. The number of phenolic OH excluding ortho intramolecular Hbond substituents is 1. The number of carbonyl (C=O) groups is 1. The molecule has 2 aromatic carbocycles. The molecule has 1 aliphatic heterocycles. The number of carbonyl (C=O) groups excluding carboxylic acids is 1. The molecule has 1 fully saturated rings. The SMILES string of the molecule is CC(C(=O)N1CCC(S(=O)(=O)c2ccccc2)CC1)c1cc(F)c(O)c(F)c1. The fourth-order valence-corrected chi connectivity index (χ4v) is 5.19. The van der Waals surface area contributed by atoms with Crippen molar-refractivity contribution in [1.29, 1.82) is 0 Å². The first kappa shape index (κ1) is 20.3. The van der Waals surface area contributed by atoms with Crippen molar-refractivity contribution >= 4 is 15.7 Å². The standard InChI is InChI=1S/C20H21F2NO4S/c1-13(14-11-17(21)19(24)18(22)12-14)20(25)23-9-7-16(8-10-23)28(26,27)15-5-3-2-4-6-15/h2-6,11-13,16,24H,7-10H2,1H3. The Hall–Kier alpha value is -2.48. The summed E-state index contributed by atoms with van der Waals surface area (Å²) in [5.41, 5.74) is 0.122. The molecule has 0 radical (unpaired) electrons. The van der Waals surface area contributed by atoms with Crippen LogP contribution in [0.25, 0.3) is 0 Å². The van der Waals surface area contributed by atoms with Crippen LogP contribution in [-0.2, 0) is 14.6 Å². The van der Waals surface area contributed by atoms with E-state index in [1.165, 1.54) is 11.8 Å². The number of likely N-dealkylation sites (tertiary alicyclic amines) is 1. The third kappa shape index (κ3) is 3.87. The van der Waals surface area contributed by atoms with Crippen molar-refractivity contribution in [3.63, 3.8) is 0 Å². The zero-order valence-corrected chi connectivity index (χ0v) is 16.1. The average Bonchev–Trinajstić information content (AvgIpc) is 2.71. The molecule has 1 aliphatic rings. The highest BCUT2D eigenvalue weighted by molar-refractivity contribution is 7.92. The third-order valence-electron chi connectivity index (χ3n) is 5.17. The van der Waals surface area contributed by atoms with Crippen LogP contribution in [0, 0.1) is 11.6 Å². The molecule has 150 valence electrons. The van der Waals surface area contributed by atoms with Crippen LogP contribution in [0.2, 0.25) is 0 Å². The van der Waals surface area contributed by atoms with Gasteiger partial charge in [0.2, 0.25) is 5.91 Å². The number of amides is 1. The topological polar surface area (TPSA) is 74.7 Å². The Balaban J connectivity index is 1.68. The molecule has 1 heterocycles. The molecular weight excluding hydrogens is 388 g/mol. The summed E-state index contributed by atoms with van der Waals surface area (Å²) < 4.78 is 52.6. The first-order valence-corrected chi connectivity index (χ1v) is 10.5. The van der Waals surface area contributed by atoms with E-state index in [0.717, 1.165) is 12.1 Å². The Morgan fingerprint density at radius 1 is 1.11 bits per heavy atom. The summed E-state index contributed by atoms with van der Waals surface area (Å²) in [6, 6.07) is 10.1. The molecule has 1 saturated heterocycles. The zero-order valence-electron chi connectivity index (χ0n) is 15.3. The van der Waals surface area contributed by atoms with E-state index in [1.807, 2.05) is 0 Å². The number of hydrogen-bond donors (Lipinski definition) is 1. The van der Waals surface area contributed by atoms with Crippen LogP contribution < -0.4 is 0 Å². The molecule has 5 nitrogen and oxygen atoms in total. The molecule has 1 N–H and O–H groups in total. The molecule has 1 unspecified atom stereocenters. The lowest BCUT2D eigenvalue weighted by Crippen LogP contribution is -2.44. The first-order chi connectivity index (χ1) is 13.2. The molecule has 0 bridgehead atoms. The number of nitrogens with zero attached hydrogens (tertiary/aromatic N) is 1. The second-order valence-corrected chi connectivity index (χ2v) is 9.17. The highest BCUT2D eigenvalue weighted by Gasteiger charge is 2.34. The Kier molecular flexibility index (Phi) is 5.69. The van der Waals surface area contributed by atoms with E-state index < -0.39 is 38.4 Å². The van der Waals surface area contributed by atoms with Crippen LogP contribution in [-0.4, -0.2) is 42.7 Å². The Morgan fingerprint density at radius 3 is 2.18 bits per heavy atom. The number of rotatable bonds is 4. The second kappa shape index (κ2) is 7.87. The van der Waals surface area contributed by atoms with E-state index in [-0.39, 0.29) is 29.5 Å². The minimum Gasteiger partial charge on any atom is -0.503 e. The van der Waals surface area contributed by atoms with Crippen molar-refractivity contribution in [1.82, 2.24) is 4.90 Å². The quantitative estimate of drug-likeness (QED) is 0.841. The maximum atomic E-state index is 13.6. The number of phenols is 1. The predicted molar refractivity (Wildman–Crippen MR) is 99.7 cm³/mol. The zero-order chi connectivity index (χ0) is 20.5. The smallest absolute Gasteiger partial charge is 0.229 e. The van der Waals surface area contributed by atoms with Crippen LogP contribution in [0.4, 0.5) is 8.78 Å². The van der Waals surface area contributed by atoms with Gasteiger partial charge in [-0.2, -0.15) is 0 Å². The van der Waals surface area contributed by atoms with Gasteiger partial charge in [-0.3, -0.25) is 4.79 Å². The monoisotopic (exact) mass is 409 g/mol. The largest absolute Gasteiger partial charge is 0.503 e. The summed E-state index contributed by atoms with van der Waals surface area (Å²) in [6.07, 6.45) is 0.599. The minimum absolute atomic E-state index is 0.122. The van der Waals surface area contributed by atoms with Gasteiger partial charge < -0.3 is 10.0 Å². The Labute approximate surface area is 162 Å². The molecule has 0 spiro atoms. The summed E-state index contributed by atoms with van der Waals surface area (Å²) in [7, 11) is -3.46. The minimum atomic E-state index is -3.46. The van der Waals surface area contributed by atoms with Gasteiger partial charge in [0, 0.05) is 13.1 Å². The van der Waals surface area contributed by atoms with E-state index in [0.29, 0.717) is 12.8 Å². The molecule has 0 aromatic heterocycles. The number of sulfone groups is 1. The molecule has 2 aromatic rings. The summed E-state index contributed by atoms with van der Waals surface area (Å²) in [5, 5.41) is 8.63. The first-order valence-electron chi connectivity index (χ1n) is 8.97. The van der Waals surface area contributed by atoms with Gasteiger partial charge in [0.05, 0.1) is 16.1 Å². The van der Waals surface area contributed by atoms with E-state index in [1.54, 1.807) is 30.3 Å². The van der Waals surface area contributed by atoms with Gasteiger partial charge in [-0.1, -0.05) is 18.2 Å². The fraction of sp³-hybridized carbons (Fsp3) is 0.350. The Morgan fingerprint density at radius 2 is 1.64 bits per heavy atom. The van der Waals surface area contributed by atoms with Crippen molar-refractivity contribution in [2.24, 2.45) is 0 Å². The van der Waals surface area contributed by atoms with Crippen molar-refractivity contribution in [2.75, 3.05) is 13.1 Å². The number of halogens is 2. The van der Waals surface area contributed by atoms with Crippen molar-refractivity contribution in [3.05, 3.63) is 59.7 Å². The van der Waals surface area contributed by atoms with Gasteiger partial charge in [-0.05, 0) is 49.6 Å². The highest BCUT2D eigenvalue weighted by Crippen LogP contribution is 2.29. The molecule has 0 aliphatic carbocycles. The van der Waals surface area contributed by atoms with Gasteiger partial charge in [0.1, 0.15) is 0 Å². The molecule has 1 atom stereocenters. The fourth-order valence-electron chi connectivity index (χ4n) is 3.44. The van der Waals surface area contributed by atoms with Crippen molar-refractivity contribution in [3.8, 4) is 5.75 Å². The number of hydrogen-bond acceptors (Lipinski definition) is 4. The van der Waals surface area contributed by atoms with E-state index in [9.17, 15) is 27.1 Å². The van der Waals surface area contributed by atoms with Crippen LogP contribution >= 0.6 is 0 Å². The summed E-state index contributed by atoms with van der Waals surface area (Å²) in [6.45, 7) is 2.03. The van der Waals surface area contributed by atoms with Crippen molar-refractivity contribution < 1.29 is 27.1 Å². The van der Waals surface area contributed by atoms with E-state index in [2.05, 4.69) is 0 Å². The lowest BCUT2D eigenvalue weighted by atomic mass is 9.97. The summed E-state index contributed by atoms with van der Waals surface area (Å²) in [4.78, 5) is 14.5. The third-order valence-corrected chi connectivity index (χ3v) is 7.45. The molecule has 3 rings (SSSR count). The Bertz CT molecular complexity index is 948. The lowest BCUT2D eigenvalue weighted by molar-refractivity contribution is -0.133. The molecule has 28 heavy (non-hydrogen) atoms. The van der Waals surface area contributed by atoms with Crippen LogP contribution in [0.15, 0.2) is 47.4 Å². The van der Waals surface area contributed by atoms with Crippen LogP contribution in [0.5, 0.6) is 5.75 Å². The van der Waals surface area contributed by atoms with Crippen LogP contribution in [0.3, 0.4) is 0 Å². The maximum Gasteiger partial charge on any atom is 0.229 e. The normalized spacial score (nSPS) is 16.8. The van der Waals surface area contributed by atoms with Gasteiger partial charge in [0.25, 0.3) is 0 Å².